The molecule has 0 amide bonds. The zero-order chi connectivity index (χ0) is 18.2. The molecule has 5 heteroatoms. The van der Waals surface area contributed by atoms with E-state index in [9.17, 15) is 4.79 Å². The largest absolute Gasteiger partial charge is 0.493 e. The van der Waals surface area contributed by atoms with E-state index in [0.717, 1.165) is 41.7 Å². The van der Waals surface area contributed by atoms with Gasteiger partial charge in [0.25, 0.3) is 0 Å². The summed E-state index contributed by atoms with van der Waals surface area (Å²) in [5.74, 6) is 1.18. The summed E-state index contributed by atoms with van der Waals surface area (Å²) in [6, 6.07) is 15.4. The van der Waals surface area contributed by atoms with E-state index in [4.69, 9.17) is 13.9 Å². The highest BCUT2D eigenvalue weighted by Gasteiger charge is 2.12. The Balaban J connectivity index is 1.55. The highest BCUT2D eigenvalue weighted by Crippen LogP contribution is 2.31. The molecule has 0 aliphatic heterocycles. The van der Waals surface area contributed by atoms with Gasteiger partial charge in [-0.15, -0.1) is 0 Å². The molecule has 1 aromatic heterocycles. The lowest BCUT2D eigenvalue weighted by Crippen LogP contribution is -2.04. The van der Waals surface area contributed by atoms with Crippen molar-refractivity contribution in [3.63, 3.8) is 0 Å². The summed E-state index contributed by atoms with van der Waals surface area (Å²) >= 11 is 0. The number of nitrogens with zero attached hydrogens (tertiary/aromatic N) is 1. The van der Waals surface area contributed by atoms with Gasteiger partial charge >= 0.3 is 5.97 Å². The first-order chi connectivity index (χ1) is 12.8. The molecule has 0 spiro atoms. The van der Waals surface area contributed by atoms with Gasteiger partial charge in [-0.05, 0) is 50.5 Å². The van der Waals surface area contributed by atoms with Crippen molar-refractivity contribution in [1.29, 1.82) is 0 Å². The number of rotatable bonds is 9. The molecule has 3 aromatic rings. The quantitative estimate of drug-likeness (QED) is 0.400. The maximum absolute atomic E-state index is 11.3. The second-order valence-corrected chi connectivity index (χ2v) is 5.95. The van der Waals surface area contributed by atoms with Crippen LogP contribution in [-0.2, 0) is 9.53 Å². The molecule has 0 fully saturated rings. The van der Waals surface area contributed by atoms with Gasteiger partial charge in [0.15, 0.2) is 5.58 Å². The van der Waals surface area contributed by atoms with Crippen LogP contribution in [0.5, 0.6) is 5.75 Å². The fourth-order valence-electron chi connectivity index (χ4n) is 2.72. The Bertz CT molecular complexity index is 823. The molecule has 0 saturated carbocycles. The normalized spacial score (nSPS) is 10.8. The van der Waals surface area contributed by atoms with Gasteiger partial charge in [0.2, 0.25) is 5.89 Å². The standard InChI is InChI=1S/C21H23NO4/c1-2-24-20(23)14-4-3-9-15-25-18-12-7-5-10-16(18)21-22-17-11-6-8-13-19(17)26-21/h5-8,10-13H,2-4,9,14-15H2,1H3. The number of carbonyl (C=O) groups excluding carboxylic acids is 1. The molecule has 5 nitrogen and oxygen atoms in total. The number of oxazole rings is 1. The summed E-state index contributed by atoms with van der Waals surface area (Å²) in [5.41, 5.74) is 2.43. The molecule has 0 N–H and O–H groups in total. The van der Waals surface area contributed by atoms with Gasteiger partial charge in [-0.2, -0.15) is 0 Å². The molecule has 3 rings (SSSR count). The Morgan fingerprint density at radius 3 is 2.69 bits per heavy atom. The first-order valence-corrected chi connectivity index (χ1v) is 9.01. The molecular weight excluding hydrogens is 330 g/mol. The minimum atomic E-state index is -0.130. The Morgan fingerprint density at radius 2 is 1.85 bits per heavy atom. The van der Waals surface area contributed by atoms with E-state index in [1.807, 2.05) is 55.5 Å². The van der Waals surface area contributed by atoms with Crippen LogP contribution < -0.4 is 4.74 Å². The number of hydrogen-bond donors (Lipinski definition) is 0. The minimum Gasteiger partial charge on any atom is -0.493 e. The molecular formula is C21H23NO4. The third-order valence-corrected chi connectivity index (χ3v) is 4.00. The van der Waals surface area contributed by atoms with Crippen LogP contribution in [0.15, 0.2) is 52.9 Å². The molecule has 2 aromatic carbocycles. The fraction of sp³-hybridized carbons (Fsp3) is 0.333. The molecule has 0 unspecified atom stereocenters. The van der Waals surface area contributed by atoms with Crippen LogP contribution in [0.1, 0.15) is 32.6 Å². The number of esters is 1. The molecule has 0 saturated heterocycles. The molecule has 0 radical (unpaired) electrons. The summed E-state index contributed by atoms with van der Waals surface area (Å²) in [4.78, 5) is 15.8. The first-order valence-electron chi connectivity index (χ1n) is 9.01. The highest BCUT2D eigenvalue weighted by atomic mass is 16.5. The lowest BCUT2D eigenvalue weighted by atomic mass is 10.2. The fourth-order valence-corrected chi connectivity index (χ4v) is 2.72. The second-order valence-electron chi connectivity index (χ2n) is 5.95. The molecule has 0 atom stereocenters. The lowest BCUT2D eigenvalue weighted by molar-refractivity contribution is -0.143. The number of aromatic nitrogens is 1. The summed E-state index contributed by atoms with van der Waals surface area (Å²) in [5, 5.41) is 0. The van der Waals surface area contributed by atoms with Gasteiger partial charge in [-0.1, -0.05) is 24.3 Å². The summed E-state index contributed by atoms with van der Waals surface area (Å²) in [6.07, 6.45) is 3.08. The van der Waals surface area contributed by atoms with E-state index in [2.05, 4.69) is 4.98 Å². The third-order valence-electron chi connectivity index (χ3n) is 4.00. The smallest absolute Gasteiger partial charge is 0.305 e. The number of benzene rings is 2. The average Bonchev–Trinajstić information content (AvgIpc) is 3.09. The van der Waals surface area contributed by atoms with Crippen molar-refractivity contribution in [1.82, 2.24) is 4.98 Å². The minimum absolute atomic E-state index is 0.130. The van der Waals surface area contributed by atoms with Gasteiger partial charge in [0.1, 0.15) is 11.3 Å². The lowest BCUT2D eigenvalue weighted by Gasteiger charge is -2.09. The SMILES string of the molecule is CCOC(=O)CCCCCOc1ccccc1-c1nc2ccccc2o1. The highest BCUT2D eigenvalue weighted by molar-refractivity contribution is 5.77. The molecule has 136 valence electrons. The van der Waals surface area contributed by atoms with Gasteiger partial charge in [-0.25, -0.2) is 4.98 Å². The third kappa shape index (κ3) is 4.63. The van der Waals surface area contributed by atoms with Crippen LogP contribution in [0.4, 0.5) is 0 Å². The van der Waals surface area contributed by atoms with Crippen molar-refractivity contribution < 1.29 is 18.7 Å². The van der Waals surface area contributed by atoms with E-state index >= 15 is 0 Å². The molecule has 0 bridgehead atoms. The van der Waals surface area contributed by atoms with E-state index in [0.29, 0.717) is 25.5 Å². The van der Waals surface area contributed by atoms with Gasteiger partial charge in [0.05, 0.1) is 18.8 Å². The number of carbonyl (C=O) groups is 1. The maximum atomic E-state index is 11.3. The molecule has 0 aliphatic carbocycles. The molecule has 26 heavy (non-hydrogen) atoms. The predicted molar refractivity (Wildman–Crippen MR) is 100 cm³/mol. The summed E-state index contributed by atoms with van der Waals surface area (Å²) in [6.45, 7) is 2.84. The number of hydrogen-bond acceptors (Lipinski definition) is 5. The van der Waals surface area contributed by atoms with Gasteiger partial charge in [0, 0.05) is 6.42 Å². The van der Waals surface area contributed by atoms with Crippen LogP contribution >= 0.6 is 0 Å². The summed E-state index contributed by atoms with van der Waals surface area (Å²) in [7, 11) is 0. The Labute approximate surface area is 152 Å². The van der Waals surface area contributed by atoms with E-state index in [1.54, 1.807) is 0 Å². The van der Waals surface area contributed by atoms with Crippen LogP contribution in [0, 0.1) is 0 Å². The Kier molecular flexibility index (Phi) is 6.25. The van der Waals surface area contributed by atoms with Crippen molar-refractivity contribution in [2.24, 2.45) is 0 Å². The monoisotopic (exact) mass is 353 g/mol. The van der Waals surface area contributed by atoms with Crippen molar-refractivity contribution in [3.8, 4) is 17.2 Å². The Morgan fingerprint density at radius 1 is 1.04 bits per heavy atom. The Hall–Kier alpha value is -2.82. The van der Waals surface area contributed by atoms with Crippen molar-refractivity contribution >= 4 is 17.1 Å². The van der Waals surface area contributed by atoms with Crippen LogP contribution in [0.2, 0.25) is 0 Å². The van der Waals surface area contributed by atoms with Crippen molar-refractivity contribution in [2.75, 3.05) is 13.2 Å². The van der Waals surface area contributed by atoms with Crippen LogP contribution in [0.3, 0.4) is 0 Å². The van der Waals surface area contributed by atoms with E-state index in [1.165, 1.54) is 0 Å². The number of fused-ring (bicyclic) bond motifs is 1. The number of unbranched alkanes of at least 4 members (excludes halogenated alkanes) is 2. The summed E-state index contributed by atoms with van der Waals surface area (Å²) < 4.78 is 16.7. The zero-order valence-electron chi connectivity index (χ0n) is 14.9. The second kappa shape index (κ2) is 9.04. The predicted octanol–water partition coefficient (Wildman–Crippen LogP) is 5.00. The number of ether oxygens (including phenoxy) is 2. The maximum Gasteiger partial charge on any atom is 0.305 e. The molecule has 0 aliphatic rings. The topological polar surface area (TPSA) is 61.6 Å². The van der Waals surface area contributed by atoms with E-state index in [-0.39, 0.29) is 5.97 Å². The van der Waals surface area contributed by atoms with E-state index < -0.39 is 0 Å². The zero-order valence-corrected chi connectivity index (χ0v) is 14.9. The van der Waals surface area contributed by atoms with Crippen molar-refractivity contribution in [3.05, 3.63) is 48.5 Å². The van der Waals surface area contributed by atoms with Crippen LogP contribution in [-0.4, -0.2) is 24.2 Å². The van der Waals surface area contributed by atoms with Gasteiger partial charge in [-0.3, -0.25) is 4.79 Å². The van der Waals surface area contributed by atoms with Gasteiger partial charge < -0.3 is 13.9 Å². The number of para-hydroxylation sites is 3. The first kappa shape index (κ1) is 18.0. The van der Waals surface area contributed by atoms with Crippen LogP contribution in [0.25, 0.3) is 22.6 Å². The molecule has 1 heterocycles. The average molecular weight is 353 g/mol. The van der Waals surface area contributed by atoms with Crippen molar-refractivity contribution in [2.45, 2.75) is 32.6 Å².